The molecule has 1 N–H and O–H groups in total. The number of aryl methyl sites for hydroxylation is 1. The maximum atomic E-state index is 13.0. The van der Waals surface area contributed by atoms with Crippen molar-refractivity contribution in [3.05, 3.63) is 76.4 Å². The number of sulfonamides is 1. The van der Waals surface area contributed by atoms with E-state index in [1.807, 2.05) is 18.2 Å². The standard InChI is InChI=1S/C22H21Cl2N5O3S/c1-28-11-20(27-13-28)33(31,32)29-9-17-18(10-29)22(17,19-4-2-3-5-25-19)12-26-21(30)14-6-15(23)8-16(24)7-14/h2-8,11,13,17-18H,9-10,12H2,1H3,(H,26,30). The molecule has 2 fully saturated rings. The van der Waals surface area contributed by atoms with Crippen LogP contribution in [0.2, 0.25) is 10.0 Å². The van der Waals surface area contributed by atoms with Gasteiger partial charge >= 0.3 is 0 Å². The minimum atomic E-state index is -3.67. The molecule has 2 aliphatic rings. The van der Waals surface area contributed by atoms with Gasteiger partial charge in [0.25, 0.3) is 15.9 Å². The van der Waals surface area contributed by atoms with Gasteiger partial charge in [-0.1, -0.05) is 29.3 Å². The van der Waals surface area contributed by atoms with E-state index in [9.17, 15) is 13.2 Å². The predicted molar refractivity (Wildman–Crippen MR) is 124 cm³/mol. The molecule has 2 unspecified atom stereocenters. The van der Waals surface area contributed by atoms with Gasteiger partial charge in [-0.2, -0.15) is 4.31 Å². The number of carbonyl (C=O) groups excluding carboxylic acids is 1. The number of hydrogen-bond acceptors (Lipinski definition) is 5. The first kappa shape index (κ1) is 22.3. The molecule has 0 radical (unpaired) electrons. The second kappa shape index (κ2) is 8.09. The number of amides is 1. The van der Waals surface area contributed by atoms with Crippen LogP contribution in [-0.4, -0.2) is 52.8 Å². The lowest BCUT2D eigenvalue weighted by molar-refractivity contribution is 0.0946. The van der Waals surface area contributed by atoms with Crippen LogP contribution in [0.1, 0.15) is 16.1 Å². The van der Waals surface area contributed by atoms with Crippen LogP contribution in [0, 0.1) is 11.8 Å². The van der Waals surface area contributed by atoms with Crippen molar-refractivity contribution in [3.8, 4) is 0 Å². The number of halogens is 2. The summed E-state index contributed by atoms with van der Waals surface area (Å²) in [7, 11) is -1.94. The zero-order valence-corrected chi connectivity index (χ0v) is 20.0. The van der Waals surface area contributed by atoms with Gasteiger partial charge in [-0.25, -0.2) is 13.4 Å². The summed E-state index contributed by atoms with van der Waals surface area (Å²) in [5.74, 6) is -0.221. The molecule has 1 saturated carbocycles. The van der Waals surface area contributed by atoms with Crippen LogP contribution in [-0.2, 0) is 22.5 Å². The summed E-state index contributed by atoms with van der Waals surface area (Å²) in [6, 6.07) is 10.4. The number of nitrogens with one attached hydrogen (secondary N) is 1. The molecular weight excluding hydrogens is 485 g/mol. The minimum Gasteiger partial charge on any atom is -0.351 e. The van der Waals surface area contributed by atoms with Crippen LogP contribution in [0.15, 0.2) is 60.1 Å². The first-order valence-electron chi connectivity index (χ1n) is 10.4. The van der Waals surface area contributed by atoms with Crippen molar-refractivity contribution in [2.24, 2.45) is 18.9 Å². The van der Waals surface area contributed by atoms with Crippen molar-refractivity contribution < 1.29 is 13.2 Å². The lowest BCUT2D eigenvalue weighted by Gasteiger charge is -2.26. The molecule has 1 aliphatic carbocycles. The maximum Gasteiger partial charge on any atom is 0.262 e. The summed E-state index contributed by atoms with van der Waals surface area (Å²) in [4.78, 5) is 21.4. The molecule has 3 heterocycles. The zero-order valence-electron chi connectivity index (χ0n) is 17.6. The Hall–Kier alpha value is -2.46. The molecule has 1 saturated heterocycles. The van der Waals surface area contributed by atoms with Gasteiger partial charge in [0.2, 0.25) is 0 Å². The third-order valence-corrected chi connectivity index (χ3v) is 8.75. The fourth-order valence-corrected chi connectivity index (χ4v) is 6.92. The molecule has 172 valence electrons. The fourth-order valence-electron chi connectivity index (χ4n) is 4.93. The van der Waals surface area contributed by atoms with Gasteiger partial charge in [0.15, 0.2) is 5.03 Å². The van der Waals surface area contributed by atoms with Crippen molar-refractivity contribution in [1.29, 1.82) is 0 Å². The number of piperidine rings is 1. The van der Waals surface area contributed by atoms with Crippen molar-refractivity contribution in [1.82, 2.24) is 24.2 Å². The average molecular weight is 506 g/mol. The van der Waals surface area contributed by atoms with E-state index in [1.54, 1.807) is 36.0 Å². The summed E-state index contributed by atoms with van der Waals surface area (Å²) in [6.45, 7) is 1.03. The monoisotopic (exact) mass is 505 g/mol. The summed E-state index contributed by atoms with van der Waals surface area (Å²) in [6.07, 6.45) is 4.69. The molecular formula is C22H21Cl2N5O3S. The normalized spacial score (nSPS) is 24.5. The molecule has 33 heavy (non-hydrogen) atoms. The Labute approximate surface area is 201 Å². The number of imidazole rings is 1. The highest BCUT2D eigenvalue weighted by molar-refractivity contribution is 7.89. The second-order valence-corrected chi connectivity index (χ2v) is 11.3. The quantitative estimate of drug-likeness (QED) is 0.555. The first-order valence-corrected chi connectivity index (χ1v) is 12.6. The summed E-state index contributed by atoms with van der Waals surface area (Å²) < 4.78 is 29.1. The van der Waals surface area contributed by atoms with Gasteiger partial charge in [-0.3, -0.25) is 9.78 Å². The van der Waals surface area contributed by atoms with Gasteiger partial charge < -0.3 is 9.88 Å². The Balaban J connectivity index is 1.37. The number of fused-ring (bicyclic) bond motifs is 1. The van der Waals surface area contributed by atoms with E-state index in [4.69, 9.17) is 23.2 Å². The Morgan fingerprint density at radius 3 is 2.42 bits per heavy atom. The van der Waals surface area contributed by atoms with Crippen LogP contribution >= 0.6 is 23.2 Å². The Bertz CT molecular complexity index is 1300. The van der Waals surface area contributed by atoms with E-state index < -0.39 is 15.4 Å². The number of nitrogens with zero attached hydrogens (tertiary/aromatic N) is 4. The molecule has 11 heteroatoms. The number of benzene rings is 1. The number of carbonyl (C=O) groups is 1. The number of hydrogen-bond donors (Lipinski definition) is 1. The van der Waals surface area contributed by atoms with Gasteiger partial charge in [0.05, 0.1) is 6.33 Å². The van der Waals surface area contributed by atoms with E-state index in [0.717, 1.165) is 5.69 Å². The summed E-state index contributed by atoms with van der Waals surface area (Å²) >= 11 is 12.1. The van der Waals surface area contributed by atoms with E-state index in [-0.39, 0.29) is 22.8 Å². The first-order chi connectivity index (χ1) is 15.7. The zero-order chi connectivity index (χ0) is 23.4. The molecule has 2 atom stereocenters. The Morgan fingerprint density at radius 1 is 1.15 bits per heavy atom. The van der Waals surface area contributed by atoms with E-state index >= 15 is 0 Å². The van der Waals surface area contributed by atoms with Crippen LogP contribution in [0.4, 0.5) is 0 Å². The summed E-state index contributed by atoms with van der Waals surface area (Å²) in [5, 5.41) is 3.80. The van der Waals surface area contributed by atoms with Crippen molar-refractivity contribution in [2.75, 3.05) is 19.6 Å². The maximum absolute atomic E-state index is 13.0. The van der Waals surface area contributed by atoms with Crippen molar-refractivity contribution in [3.63, 3.8) is 0 Å². The van der Waals surface area contributed by atoms with Gasteiger partial charge in [-0.15, -0.1) is 0 Å². The third-order valence-electron chi connectivity index (χ3n) is 6.59. The molecule has 1 aliphatic heterocycles. The van der Waals surface area contributed by atoms with E-state index in [0.29, 0.717) is 35.2 Å². The van der Waals surface area contributed by atoms with Crippen LogP contribution in [0.5, 0.6) is 0 Å². The molecule has 2 aromatic heterocycles. The van der Waals surface area contributed by atoms with Crippen molar-refractivity contribution >= 4 is 39.1 Å². The topological polar surface area (TPSA) is 97.2 Å². The molecule has 5 rings (SSSR count). The lowest BCUT2D eigenvalue weighted by Crippen LogP contribution is -2.41. The van der Waals surface area contributed by atoms with Gasteiger partial charge in [0, 0.05) is 65.8 Å². The van der Waals surface area contributed by atoms with E-state index in [1.165, 1.54) is 16.8 Å². The predicted octanol–water partition coefficient (Wildman–Crippen LogP) is 2.74. The smallest absolute Gasteiger partial charge is 0.262 e. The van der Waals surface area contributed by atoms with Gasteiger partial charge in [0.1, 0.15) is 0 Å². The molecule has 3 aromatic rings. The lowest BCUT2D eigenvalue weighted by atomic mass is 9.94. The summed E-state index contributed by atoms with van der Waals surface area (Å²) in [5.41, 5.74) is 0.781. The highest BCUT2D eigenvalue weighted by Crippen LogP contribution is 2.63. The SMILES string of the molecule is Cn1cnc(S(=O)(=O)N2CC3C(C2)C3(CNC(=O)c2cc(Cl)cc(Cl)c2)c2ccccn2)c1. The molecule has 0 bridgehead atoms. The fraction of sp³-hybridized carbons (Fsp3) is 0.318. The molecule has 1 aromatic carbocycles. The van der Waals surface area contributed by atoms with E-state index in [2.05, 4.69) is 15.3 Å². The number of rotatable bonds is 6. The van der Waals surface area contributed by atoms with Crippen molar-refractivity contribution in [2.45, 2.75) is 10.4 Å². The average Bonchev–Trinajstić information content (AvgIpc) is 3.13. The molecule has 8 nitrogen and oxygen atoms in total. The molecule has 1 amide bonds. The van der Waals surface area contributed by atoms with Crippen LogP contribution in [0.25, 0.3) is 0 Å². The highest BCUT2D eigenvalue weighted by atomic mass is 35.5. The highest BCUT2D eigenvalue weighted by Gasteiger charge is 2.70. The van der Waals surface area contributed by atoms with Crippen LogP contribution < -0.4 is 5.32 Å². The second-order valence-electron chi connectivity index (χ2n) is 8.51. The molecule has 0 spiro atoms. The number of aromatic nitrogens is 3. The minimum absolute atomic E-state index is 0.0362. The largest absolute Gasteiger partial charge is 0.351 e. The van der Waals surface area contributed by atoms with Gasteiger partial charge in [-0.05, 0) is 42.2 Å². The Kier molecular flexibility index (Phi) is 5.48. The number of pyridine rings is 1. The third kappa shape index (κ3) is 3.82. The van der Waals surface area contributed by atoms with Crippen LogP contribution in [0.3, 0.4) is 0 Å². The Morgan fingerprint density at radius 2 is 1.85 bits per heavy atom.